The lowest BCUT2D eigenvalue weighted by Crippen LogP contribution is -2.50. The fraction of sp³-hybridized carbons (Fsp3) is 0.667. The summed E-state index contributed by atoms with van der Waals surface area (Å²) < 4.78 is 0. The van der Waals surface area contributed by atoms with Gasteiger partial charge in [-0.2, -0.15) is 0 Å². The third-order valence-electron chi connectivity index (χ3n) is 5.25. The molecule has 1 aliphatic heterocycles. The van der Waals surface area contributed by atoms with Gasteiger partial charge >= 0.3 is 0 Å². The van der Waals surface area contributed by atoms with Gasteiger partial charge in [-0.3, -0.25) is 4.90 Å². The number of likely N-dealkylation sites (tertiary alicyclic amines) is 1. The van der Waals surface area contributed by atoms with Crippen molar-refractivity contribution in [2.24, 2.45) is 0 Å². The number of hydrogen-bond acceptors (Lipinski definition) is 3. The van der Waals surface area contributed by atoms with Gasteiger partial charge in [-0.05, 0) is 45.7 Å². The summed E-state index contributed by atoms with van der Waals surface area (Å²) in [6.45, 7) is 5.82. The van der Waals surface area contributed by atoms with Crippen molar-refractivity contribution in [3.63, 3.8) is 0 Å². The van der Waals surface area contributed by atoms with Crippen LogP contribution in [0, 0.1) is 0 Å². The molecule has 2 rings (SSSR count). The van der Waals surface area contributed by atoms with E-state index in [1.165, 1.54) is 24.8 Å². The van der Waals surface area contributed by atoms with E-state index in [9.17, 15) is 5.11 Å². The van der Waals surface area contributed by atoms with Gasteiger partial charge in [-0.15, -0.1) is 0 Å². The highest BCUT2D eigenvalue weighted by Gasteiger charge is 2.32. The van der Waals surface area contributed by atoms with Gasteiger partial charge in [-0.1, -0.05) is 36.8 Å². The minimum atomic E-state index is -0.335. The second kappa shape index (κ2) is 7.39. The van der Waals surface area contributed by atoms with Crippen molar-refractivity contribution in [3.05, 3.63) is 35.9 Å². The van der Waals surface area contributed by atoms with Crippen LogP contribution in [0.3, 0.4) is 0 Å². The van der Waals surface area contributed by atoms with Crippen LogP contribution in [-0.2, 0) is 5.54 Å². The van der Waals surface area contributed by atoms with Gasteiger partial charge in [0.2, 0.25) is 0 Å². The SMILES string of the molecule is CNC(CO)(CCN1[C@H](C)CCC[C@@H]1C)c1ccccc1. The first kappa shape index (κ1) is 16.5. The van der Waals surface area contributed by atoms with Crippen LogP contribution in [-0.4, -0.2) is 42.3 Å². The van der Waals surface area contributed by atoms with Crippen LogP contribution in [0.4, 0.5) is 0 Å². The van der Waals surface area contributed by atoms with Crippen LogP contribution in [0.15, 0.2) is 30.3 Å². The summed E-state index contributed by atoms with van der Waals surface area (Å²) in [4.78, 5) is 2.61. The molecule has 2 N–H and O–H groups in total. The molecule has 0 amide bonds. The minimum Gasteiger partial charge on any atom is -0.394 e. The van der Waals surface area contributed by atoms with Gasteiger partial charge in [0.15, 0.2) is 0 Å². The zero-order valence-electron chi connectivity index (χ0n) is 13.7. The number of piperidine rings is 1. The molecule has 1 fully saturated rings. The lowest BCUT2D eigenvalue weighted by atomic mass is 9.86. The second-order valence-electron chi connectivity index (χ2n) is 6.47. The number of hydrogen-bond donors (Lipinski definition) is 2. The summed E-state index contributed by atoms with van der Waals surface area (Å²) >= 11 is 0. The fourth-order valence-electron chi connectivity index (χ4n) is 3.66. The number of nitrogens with zero attached hydrogens (tertiary/aromatic N) is 1. The lowest BCUT2D eigenvalue weighted by Gasteiger charge is -2.42. The predicted molar refractivity (Wildman–Crippen MR) is 88.4 cm³/mol. The number of aliphatic hydroxyl groups is 1. The maximum atomic E-state index is 10.0. The Morgan fingerprint density at radius 1 is 1.19 bits per heavy atom. The summed E-state index contributed by atoms with van der Waals surface area (Å²) in [7, 11) is 1.95. The fourth-order valence-corrected chi connectivity index (χ4v) is 3.66. The molecule has 0 bridgehead atoms. The minimum absolute atomic E-state index is 0.129. The second-order valence-corrected chi connectivity index (χ2v) is 6.47. The molecule has 1 aromatic carbocycles. The van der Waals surface area contributed by atoms with E-state index in [2.05, 4.69) is 36.2 Å². The van der Waals surface area contributed by atoms with E-state index in [0.29, 0.717) is 12.1 Å². The molecule has 0 aromatic heterocycles. The van der Waals surface area contributed by atoms with E-state index >= 15 is 0 Å². The van der Waals surface area contributed by atoms with Crippen molar-refractivity contribution in [2.45, 2.75) is 57.2 Å². The van der Waals surface area contributed by atoms with Crippen LogP contribution in [0.2, 0.25) is 0 Å². The highest BCUT2D eigenvalue weighted by Crippen LogP contribution is 2.28. The highest BCUT2D eigenvalue weighted by atomic mass is 16.3. The largest absolute Gasteiger partial charge is 0.394 e. The van der Waals surface area contributed by atoms with Crippen molar-refractivity contribution >= 4 is 0 Å². The average molecular weight is 290 g/mol. The molecule has 1 saturated heterocycles. The van der Waals surface area contributed by atoms with Gasteiger partial charge < -0.3 is 10.4 Å². The van der Waals surface area contributed by atoms with Gasteiger partial charge in [0.1, 0.15) is 0 Å². The summed E-state index contributed by atoms with van der Waals surface area (Å²) in [5, 5.41) is 13.4. The van der Waals surface area contributed by atoms with E-state index in [1.54, 1.807) is 0 Å². The first-order chi connectivity index (χ1) is 10.1. The van der Waals surface area contributed by atoms with Crippen LogP contribution < -0.4 is 5.32 Å². The molecule has 3 heteroatoms. The maximum absolute atomic E-state index is 10.0. The monoisotopic (exact) mass is 290 g/mol. The lowest BCUT2D eigenvalue weighted by molar-refractivity contribution is 0.0751. The Hall–Kier alpha value is -0.900. The number of aliphatic hydroxyl groups excluding tert-OH is 1. The maximum Gasteiger partial charge on any atom is 0.0678 e. The van der Waals surface area contributed by atoms with Crippen LogP contribution in [0.25, 0.3) is 0 Å². The number of rotatable bonds is 6. The third-order valence-corrected chi connectivity index (χ3v) is 5.25. The molecule has 0 saturated carbocycles. The van der Waals surface area contributed by atoms with E-state index in [4.69, 9.17) is 0 Å². The summed E-state index contributed by atoms with van der Waals surface area (Å²) in [5.74, 6) is 0. The Morgan fingerprint density at radius 3 is 2.33 bits per heavy atom. The van der Waals surface area contributed by atoms with Crippen LogP contribution >= 0.6 is 0 Å². The first-order valence-electron chi connectivity index (χ1n) is 8.24. The summed E-state index contributed by atoms with van der Waals surface area (Å²) in [6, 6.07) is 11.6. The quantitative estimate of drug-likeness (QED) is 0.845. The molecular formula is C18H30N2O. The predicted octanol–water partition coefficient (Wildman–Crippen LogP) is 2.75. The Morgan fingerprint density at radius 2 is 1.81 bits per heavy atom. The molecule has 3 nitrogen and oxygen atoms in total. The standard InChI is InChI=1S/C18H30N2O/c1-15-8-7-9-16(2)20(15)13-12-18(14-21,19-3)17-10-5-4-6-11-17/h4-6,10-11,15-16,19,21H,7-9,12-14H2,1-3H3/t15-,16+,18?. The molecule has 21 heavy (non-hydrogen) atoms. The molecule has 0 spiro atoms. The molecule has 1 aliphatic rings. The zero-order valence-corrected chi connectivity index (χ0v) is 13.7. The normalized spacial score (nSPS) is 26.5. The van der Waals surface area contributed by atoms with E-state index in [0.717, 1.165) is 13.0 Å². The van der Waals surface area contributed by atoms with E-state index in [1.807, 2.05) is 25.2 Å². The zero-order chi connectivity index (χ0) is 15.3. The molecular weight excluding hydrogens is 260 g/mol. The smallest absolute Gasteiger partial charge is 0.0678 e. The molecule has 1 unspecified atom stereocenters. The van der Waals surface area contributed by atoms with E-state index in [-0.39, 0.29) is 12.1 Å². The van der Waals surface area contributed by atoms with E-state index < -0.39 is 0 Å². The summed E-state index contributed by atoms with van der Waals surface area (Å²) in [5.41, 5.74) is 0.838. The number of benzene rings is 1. The van der Waals surface area contributed by atoms with Crippen molar-refractivity contribution < 1.29 is 5.11 Å². The van der Waals surface area contributed by atoms with Crippen molar-refractivity contribution in [1.82, 2.24) is 10.2 Å². The number of nitrogens with one attached hydrogen (secondary N) is 1. The van der Waals surface area contributed by atoms with Gasteiger partial charge in [-0.25, -0.2) is 0 Å². The van der Waals surface area contributed by atoms with Gasteiger partial charge in [0.05, 0.1) is 12.1 Å². The van der Waals surface area contributed by atoms with Crippen molar-refractivity contribution in [3.8, 4) is 0 Å². The molecule has 1 aromatic rings. The van der Waals surface area contributed by atoms with Crippen molar-refractivity contribution in [1.29, 1.82) is 0 Å². The number of likely N-dealkylation sites (N-methyl/N-ethyl adjacent to an activating group) is 1. The summed E-state index contributed by atoms with van der Waals surface area (Å²) in [6.07, 6.45) is 4.86. The molecule has 3 atom stereocenters. The molecule has 118 valence electrons. The van der Waals surface area contributed by atoms with Crippen LogP contribution in [0.1, 0.15) is 45.1 Å². The van der Waals surface area contributed by atoms with Gasteiger partial charge in [0, 0.05) is 18.6 Å². The van der Waals surface area contributed by atoms with Gasteiger partial charge in [0.25, 0.3) is 0 Å². The van der Waals surface area contributed by atoms with Crippen LogP contribution in [0.5, 0.6) is 0 Å². The highest BCUT2D eigenvalue weighted by molar-refractivity contribution is 5.24. The Kier molecular flexibility index (Phi) is 5.80. The Labute approximate surface area is 129 Å². The topological polar surface area (TPSA) is 35.5 Å². The molecule has 0 aliphatic carbocycles. The average Bonchev–Trinajstić information content (AvgIpc) is 2.52. The Bertz CT molecular complexity index is 406. The third kappa shape index (κ3) is 3.65. The van der Waals surface area contributed by atoms with Crippen molar-refractivity contribution in [2.75, 3.05) is 20.2 Å². The molecule has 0 radical (unpaired) electrons. The molecule has 1 heterocycles. The Balaban J connectivity index is 2.10. The first-order valence-corrected chi connectivity index (χ1v) is 8.24.